The topological polar surface area (TPSA) is 84.4 Å². The number of phenolic OH excluding ortho intramolecular Hbond substituents is 1. The molecule has 0 atom stereocenters. The molecule has 0 amide bonds. The van der Waals surface area contributed by atoms with Crippen LogP contribution in [0.25, 0.3) is 11.0 Å². The van der Waals surface area contributed by atoms with E-state index in [4.69, 9.17) is 4.98 Å². The highest BCUT2D eigenvalue weighted by atomic mass is 16.6. The summed E-state index contributed by atoms with van der Waals surface area (Å²) in [4.78, 5) is 17.9. The molecule has 1 aliphatic rings. The zero-order chi connectivity index (χ0) is 19.5. The number of nitro groups is 1. The number of rotatable bonds is 6. The standard InChI is InChI=1S/C21H24N4O3/c26-18-7-4-16(5-8-18)14-21-22-19-15-17(25(27)28)6-9-20(19)24(21)13-12-23-10-2-1-3-11-23/h4-9,15,26H,1-3,10-14H2. The molecule has 146 valence electrons. The van der Waals surface area contributed by atoms with Crippen LogP contribution in [0.15, 0.2) is 42.5 Å². The SMILES string of the molecule is O=[N+]([O-])c1ccc2c(c1)nc(Cc1ccc(O)cc1)n2CCN1CCCCC1. The lowest BCUT2D eigenvalue weighted by atomic mass is 10.1. The zero-order valence-electron chi connectivity index (χ0n) is 15.8. The molecule has 0 saturated carbocycles. The Morgan fingerprint density at radius 3 is 2.50 bits per heavy atom. The molecule has 2 heterocycles. The molecule has 7 heteroatoms. The Balaban J connectivity index is 1.65. The molecule has 1 saturated heterocycles. The summed E-state index contributed by atoms with van der Waals surface area (Å²) < 4.78 is 2.18. The molecule has 3 aromatic rings. The number of aromatic hydroxyl groups is 1. The van der Waals surface area contributed by atoms with Gasteiger partial charge in [-0.25, -0.2) is 4.98 Å². The minimum atomic E-state index is -0.383. The van der Waals surface area contributed by atoms with E-state index >= 15 is 0 Å². The van der Waals surface area contributed by atoms with E-state index in [-0.39, 0.29) is 16.4 Å². The second-order valence-electron chi connectivity index (χ2n) is 7.36. The van der Waals surface area contributed by atoms with E-state index in [1.54, 1.807) is 30.3 Å². The molecule has 0 aliphatic carbocycles. The molecule has 0 radical (unpaired) electrons. The van der Waals surface area contributed by atoms with Crippen LogP contribution in [0.5, 0.6) is 5.75 Å². The fourth-order valence-corrected chi connectivity index (χ4v) is 3.89. The van der Waals surface area contributed by atoms with Crippen LogP contribution in [0.1, 0.15) is 30.7 Å². The number of nitrogens with zero attached hydrogens (tertiary/aromatic N) is 4. The average Bonchev–Trinajstić information content (AvgIpc) is 3.05. The number of fused-ring (bicyclic) bond motifs is 1. The predicted octanol–water partition coefficient (Wildman–Crippen LogP) is 3.73. The third kappa shape index (κ3) is 3.99. The number of nitro benzene ring substituents is 1. The van der Waals surface area contributed by atoms with Gasteiger partial charge in [0.25, 0.3) is 5.69 Å². The highest BCUT2D eigenvalue weighted by Gasteiger charge is 2.17. The van der Waals surface area contributed by atoms with Crippen molar-refractivity contribution in [2.45, 2.75) is 32.2 Å². The lowest BCUT2D eigenvalue weighted by Gasteiger charge is -2.26. The third-order valence-corrected chi connectivity index (χ3v) is 5.41. The van der Waals surface area contributed by atoms with Crippen molar-refractivity contribution in [1.29, 1.82) is 0 Å². The van der Waals surface area contributed by atoms with Crippen molar-refractivity contribution in [3.05, 3.63) is 64.0 Å². The molecule has 0 bridgehead atoms. The first kappa shape index (κ1) is 18.4. The number of piperidine rings is 1. The molecule has 0 unspecified atom stereocenters. The van der Waals surface area contributed by atoms with Crippen LogP contribution in [-0.4, -0.2) is 44.1 Å². The van der Waals surface area contributed by atoms with Crippen LogP contribution in [-0.2, 0) is 13.0 Å². The van der Waals surface area contributed by atoms with E-state index < -0.39 is 0 Å². The second-order valence-corrected chi connectivity index (χ2v) is 7.36. The van der Waals surface area contributed by atoms with Crippen molar-refractivity contribution >= 4 is 16.7 Å². The van der Waals surface area contributed by atoms with Gasteiger partial charge in [0.05, 0.1) is 16.0 Å². The van der Waals surface area contributed by atoms with E-state index in [1.165, 1.54) is 19.3 Å². The van der Waals surface area contributed by atoms with Gasteiger partial charge in [-0.2, -0.15) is 0 Å². The average molecular weight is 380 g/mol. The van der Waals surface area contributed by atoms with Gasteiger partial charge >= 0.3 is 0 Å². The highest BCUT2D eigenvalue weighted by Crippen LogP contribution is 2.24. The molecule has 1 fully saturated rings. The quantitative estimate of drug-likeness (QED) is 0.520. The first-order valence-corrected chi connectivity index (χ1v) is 9.74. The molecule has 4 rings (SSSR count). The van der Waals surface area contributed by atoms with Gasteiger partial charge in [-0.15, -0.1) is 0 Å². The van der Waals surface area contributed by atoms with Crippen LogP contribution in [0.3, 0.4) is 0 Å². The molecule has 1 aliphatic heterocycles. The molecule has 2 aromatic carbocycles. The van der Waals surface area contributed by atoms with Gasteiger partial charge in [0, 0.05) is 31.6 Å². The maximum atomic E-state index is 11.1. The predicted molar refractivity (Wildman–Crippen MR) is 108 cm³/mol. The van der Waals surface area contributed by atoms with Crippen molar-refractivity contribution in [3.63, 3.8) is 0 Å². The fourth-order valence-electron chi connectivity index (χ4n) is 3.89. The van der Waals surface area contributed by atoms with Gasteiger partial charge < -0.3 is 14.6 Å². The van der Waals surface area contributed by atoms with Crippen molar-refractivity contribution in [1.82, 2.24) is 14.5 Å². The largest absolute Gasteiger partial charge is 0.508 e. The lowest BCUT2D eigenvalue weighted by Crippen LogP contribution is -2.32. The summed E-state index contributed by atoms with van der Waals surface area (Å²) in [6.45, 7) is 4.02. The number of phenols is 1. The van der Waals surface area contributed by atoms with Crippen LogP contribution in [0.4, 0.5) is 5.69 Å². The van der Waals surface area contributed by atoms with E-state index in [9.17, 15) is 15.2 Å². The van der Waals surface area contributed by atoms with Gasteiger partial charge in [0.1, 0.15) is 11.6 Å². The lowest BCUT2D eigenvalue weighted by molar-refractivity contribution is -0.384. The monoisotopic (exact) mass is 380 g/mol. The summed E-state index contributed by atoms with van der Waals surface area (Å²) in [7, 11) is 0. The van der Waals surface area contributed by atoms with Crippen LogP contribution >= 0.6 is 0 Å². The Bertz CT molecular complexity index is 975. The molecular weight excluding hydrogens is 356 g/mol. The summed E-state index contributed by atoms with van der Waals surface area (Å²) in [5.41, 5.74) is 2.68. The number of benzene rings is 2. The molecular formula is C21H24N4O3. The van der Waals surface area contributed by atoms with E-state index in [0.29, 0.717) is 11.9 Å². The van der Waals surface area contributed by atoms with Gasteiger partial charge in [-0.1, -0.05) is 18.6 Å². The number of hydrogen-bond acceptors (Lipinski definition) is 5. The van der Waals surface area contributed by atoms with Crippen molar-refractivity contribution in [3.8, 4) is 5.75 Å². The first-order valence-electron chi connectivity index (χ1n) is 9.74. The Labute approximate surface area is 163 Å². The van der Waals surface area contributed by atoms with E-state index in [0.717, 1.165) is 43.1 Å². The first-order chi connectivity index (χ1) is 13.6. The molecule has 7 nitrogen and oxygen atoms in total. The van der Waals surface area contributed by atoms with Crippen molar-refractivity contribution in [2.75, 3.05) is 19.6 Å². The molecule has 0 spiro atoms. The zero-order valence-corrected chi connectivity index (χ0v) is 15.8. The number of non-ortho nitro benzene ring substituents is 1. The van der Waals surface area contributed by atoms with E-state index in [1.807, 2.05) is 12.1 Å². The van der Waals surface area contributed by atoms with Crippen LogP contribution < -0.4 is 0 Å². The Morgan fingerprint density at radius 1 is 1.04 bits per heavy atom. The summed E-state index contributed by atoms with van der Waals surface area (Å²) in [5, 5.41) is 20.6. The molecule has 1 aromatic heterocycles. The van der Waals surface area contributed by atoms with Crippen molar-refractivity contribution in [2.24, 2.45) is 0 Å². The number of imidazole rings is 1. The Kier molecular flexibility index (Phi) is 5.25. The number of hydrogen-bond donors (Lipinski definition) is 1. The van der Waals surface area contributed by atoms with Crippen molar-refractivity contribution < 1.29 is 10.0 Å². The smallest absolute Gasteiger partial charge is 0.271 e. The second kappa shape index (κ2) is 7.98. The Morgan fingerprint density at radius 2 is 1.79 bits per heavy atom. The fraction of sp³-hybridized carbons (Fsp3) is 0.381. The van der Waals surface area contributed by atoms with Crippen LogP contribution in [0, 0.1) is 10.1 Å². The van der Waals surface area contributed by atoms with Gasteiger partial charge in [-0.05, 0) is 49.7 Å². The Hall–Kier alpha value is -2.93. The maximum Gasteiger partial charge on any atom is 0.271 e. The number of aromatic nitrogens is 2. The van der Waals surface area contributed by atoms with E-state index in [2.05, 4.69) is 9.47 Å². The highest BCUT2D eigenvalue weighted by molar-refractivity contribution is 5.78. The molecule has 1 N–H and O–H groups in total. The summed E-state index contributed by atoms with van der Waals surface area (Å²) in [5.74, 6) is 1.12. The maximum absolute atomic E-state index is 11.1. The summed E-state index contributed by atoms with van der Waals surface area (Å²) in [6, 6.07) is 12.0. The van der Waals surface area contributed by atoms with Gasteiger partial charge in [-0.3, -0.25) is 10.1 Å². The normalized spacial score (nSPS) is 15.1. The van der Waals surface area contributed by atoms with Crippen LogP contribution in [0.2, 0.25) is 0 Å². The van der Waals surface area contributed by atoms with Gasteiger partial charge in [0.15, 0.2) is 0 Å². The third-order valence-electron chi connectivity index (χ3n) is 5.41. The summed E-state index contributed by atoms with van der Waals surface area (Å²) >= 11 is 0. The molecule has 28 heavy (non-hydrogen) atoms. The minimum absolute atomic E-state index is 0.0596. The summed E-state index contributed by atoms with van der Waals surface area (Å²) in [6.07, 6.45) is 4.41. The number of likely N-dealkylation sites (tertiary alicyclic amines) is 1. The van der Waals surface area contributed by atoms with Gasteiger partial charge in [0.2, 0.25) is 0 Å². The minimum Gasteiger partial charge on any atom is -0.508 e.